The van der Waals surface area contributed by atoms with Crippen LogP contribution in [-0.4, -0.2) is 21.3 Å². The highest BCUT2D eigenvalue weighted by Gasteiger charge is 2.09. The molecule has 0 amide bonds. The van der Waals surface area contributed by atoms with Crippen LogP contribution in [0.25, 0.3) is 0 Å². The third-order valence-corrected chi connectivity index (χ3v) is 4.83. The molecule has 0 saturated heterocycles. The first-order chi connectivity index (χ1) is 10.1. The number of rotatable bonds is 7. The molecule has 0 radical (unpaired) electrons. The van der Waals surface area contributed by atoms with E-state index in [-0.39, 0.29) is 5.78 Å². The Balaban J connectivity index is 1.86. The van der Waals surface area contributed by atoms with Gasteiger partial charge in [0.15, 0.2) is 0 Å². The van der Waals surface area contributed by atoms with Gasteiger partial charge in [0.2, 0.25) is 0 Å². The zero-order valence-corrected chi connectivity index (χ0v) is 14.7. The van der Waals surface area contributed by atoms with Crippen molar-refractivity contribution in [2.75, 3.05) is 5.75 Å². The summed E-state index contributed by atoms with van der Waals surface area (Å²) in [4.78, 5) is 13.1. The van der Waals surface area contributed by atoms with Crippen LogP contribution in [0.3, 0.4) is 0 Å². The molecule has 0 aliphatic carbocycles. The van der Waals surface area contributed by atoms with Gasteiger partial charge >= 0.3 is 0 Å². The maximum absolute atomic E-state index is 12.0. The largest absolute Gasteiger partial charge is 0.298 e. The molecule has 0 saturated carbocycles. The van der Waals surface area contributed by atoms with Gasteiger partial charge in [-0.25, -0.2) is 0 Å². The lowest BCUT2D eigenvalue weighted by Gasteiger charge is -2.08. The summed E-state index contributed by atoms with van der Waals surface area (Å²) in [6.45, 7) is 4.26. The maximum atomic E-state index is 12.0. The molecule has 1 aromatic carbocycles. The third kappa shape index (κ3) is 5.00. The minimum atomic E-state index is 0.203. The SMILES string of the molecule is CCC(C)n1ccc(CC(=O)CSc2cccc(Br)c2)n1. The van der Waals surface area contributed by atoms with E-state index in [0.717, 1.165) is 21.5 Å². The van der Waals surface area contributed by atoms with Gasteiger partial charge in [-0.3, -0.25) is 9.48 Å². The fraction of sp³-hybridized carbons (Fsp3) is 0.375. The number of halogens is 1. The number of carbonyl (C=O) groups is 1. The van der Waals surface area contributed by atoms with Gasteiger partial charge in [-0.1, -0.05) is 28.9 Å². The second-order valence-corrected chi connectivity index (χ2v) is 6.97. The van der Waals surface area contributed by atoms with Crippen LogP contribution in [0.1, 0.15) is 32.0 Å². The van der Waals surface area contributed by atoms with Crippen LogP contribution in [0.15, 0.2) is 45.9 Å². The van der Waals surface area contributed by atoms with Crippen molar-refractivity contribution >= 4 is 33.5 Å². The molecule has 0 spiro atoms. The van der Waals surface area contributed by atoms with Gasteiger partial charge in [0.1, 0.15) is 5.78 Å². The average Bonchev–Trinajstić information content (AvgIpc) is 2.93. The Bertz CT molecular complexity index is 612. The quantitative estimate of drug-likeness (QED) is 0.675. The second-order valence-electron chi connectivity index (χ2n) is 5.01. The number of carbonyl (C=O) groups excluding carboxylic acids is 1. The lowest BCUT2D eigenvalue weighted by atomic mass is 10.2. The number of ketones is 1. The first kappa shape index (κ1) is 16.3. The van der Waals surface area contributed by atoms with Crippen LogP contribution < -0.4 is 0 Å². The smallest absolute Gasteiger partial charge is 0.149 e. The van der Waals surface area contributed by atoms with E-state index in [0.29, 0.717) is 18.2 Å². The van der Waals surface area contributed by atoms with Gasteiger partial charge in [-0.15, -0.1) is 11.8 Å². The summed E-state index contributed by atoms with van der Waals surface area (Å²) in [5.41, 5.74) is 0.857. The highest BCUT2D eigenvalue weighted by atomic mass is 79.9. The Hall–Kier alpha value is -1.07. The average molecular weight is 367 g/mol. The van der Waals surface area contributed by atoms with Crippen LogP contribution in [0.5, 0.6) is 0 Å². The summed E-state index contributed by atoms with van der Waals surface area (Å²) >= 11 is 5.00. The van der Waals surface area contributed by atoms with Crippen molar-refractivity contribution in [2.45, 2.75) is 37.6 Å². The summed E-state index contributed by atoms with van der Waals surface area (Å²) in [6, 6.07) is 10.3. The van der Waals surface area contributed by atoms with Crippen LogP contribution in [0, 0.1) is 0 Å². The Labute approximate surface area is 138 Å². The van der Waals surface area contributed by atoms with E-state index in [9.17, 15) is 4.79 Å². The second kappa shape index (κ2) is 7.80. The number of benzene rings is 1. The van der Waals surface area contributed by atoms with Crippen molar-refractivity contribution in [2.24, 2.45) is 0 Å². The lowest BCUT2D eigenvalue weighted by Crippen LogP contribution is -2.09. The van der Waals surface area contributed by atoms with Crippen molar-refractivity contribution in [1.29, 1.82) is 0 Å². The maximum Gasteiger partial charge on any atom is 0.149 e. The fourth-order valence-electron chi connectivity index (χ4n) is 1.88. The molecule has 1 atom stereocenters. The molecule has 1 unspecified atom stereocenters. The minimum Gasteiger partial charge on any atom is -0.298 e. The predicted molar refractivity (Wildman–Crippen MR) is 90.8 cm³/mol. The number of aromatic nitrogens is 2. The third-order valence-electron chi connectivity index (χ3n) is 3.28. The Kier molecular flexibility index (Phi) is 6.06. The summed E-state index contributed by atoms with van der Waals surface area (Å²) in [5.74, 6) is 0.682. The number of nitrogens with zero attached hydrogens (tertiary/aromatic N) is 2. The van der Waals surface area contributed by atoms with Crippen molar-refractivity contribution in [3.05, 3.63) is 46.7 Å². The summed E-state index contributed by atoms with van der Waals surface area (Å²) in [7, 11) is 0. The first-order valence-electron chi connectivity index (χ1n) is 7.02. The summed E-state index contributed by atoms with van der Waals surface area (Å²) in [5, 5.41) is 4.47. The van der Waals surface area contributed by atoms with E-state index in [1.807, 2.05) is 41.2 Å². The molecule has 2 aromatic rings. The van der Waals surface area contributed by atoms with Gasteiger partial charge in [0.05, 0.1) is 17.9 Å². The van der Waals surface area contributed by atoms with Crippen LogP contribution >= 0.6 is 27.7 Å². The van der Waals surface area contributed by atoms with E-state index < -0.39 is 0 Å². The zero-order chi connectivity index (χ0) is 15.2. The van der Waals surface area contributed by atoms with Crippen molar-refractivity contribution < 1.29 is 4.79 Å². The minimum absolute atomic E-state index is 0.203. The van der Waals surface area contributed by atoms with Crippen LogP contribution in [-0.2, 0) is 11.2 Å². The molecule has 0 N–H and O–H groups in total. The molecule has 0 aliphatic rings. The standard InChI is InChI=1S/C16H19BrN2OS/c1-3-12(2)19-8-7-14(18-19)10-15(20)11-21-16-6-4-5-13(17)9-16/h4-9,12H,3,10-11H2,1-2H3. The monoisotopic (exact) mass is 366 g/mol. The number of hydrogen-bond donors (Lipinski definition) is 0. The topological polar surface area (TPSA) is 34.9 Å². The van der Waals surface area contributed by atoms with Crippen molar-refractivity contribution in [3.8, 4) is 0 Å². The normalized spacial score (nSPS) is 12.3. The van der Waals surface area contributed by atoms with E-state index >= 15 is 0 Å². The summed E-state index contributed by atoms with van der Waals surface area (Å²) < 4.78 is 2.97. The van der Waals surface area contributed by atoms with Gasteiger partial charge in [-0.2, -0.15) is 5.10 Å². The number of thioether (sulfide) groups is 1. The molecular formula is C16H19BrN2OS. The molecule has 112 valence electrons. The van der Waals surface area contributed by atoms with Gasteiger partial charge in [-0.05, 0) is 37.6 Å². The van der Waals surface area contributed by atoms with E-state index in [4.69, 9.17) is 0 Å². The highest BCUT2D eigenvalue weighted by Crippen LogP contribution is 2.22. The van der Waals surface area contributed by atoms with E-state index in [2.05, 4.69) is 34.9 Å². The zero-order valence-electron chi connectivity index (χ0n) is 12.3. The van der Waals surface area contributed by atoms with Gasteiger partial charge in [0, 0.05) is 21.6 Å². The van der Waals surface area contributed by atoms with Gasteiger partial charge in [0.25, 0.3) is 0 Å². The lowest BCUT2D eigenvalue weighted by molar-refractivity contribution is -0.116. The molecule has 0 bridgehead atoms. The molecule has 1 aromatic heterocycles. The molecule has 3 nitrogen and oxygen atoms in total. The Morgan fingerprint density at radius 2 is 2.24 bits per heavy atom. The Morgan fingerprint density at radius 1 is 1.43 bits per heavy atom. The molecule has 5 heteroatoms. The van der Waals surface area contributed by atoms with Crippen molar-refractivity contribution in [1.82, 2.24) is 9.78 Å². The molecule has 0 aliphatic heterocycles. The fourth-order valence-corrected chi connectivity index (χ4v) is 3.24. The van der Waals surface area contributed by atoms with Crippen molar-refractivity contribution in [3.63, 3.8) is 0 Å². The number of Topliss-reactive ketones (excluding diaryl/α,β-unsaturated/α-hetero) is 1. The molecule has 2 rings (SSSR count). The molecule has 0 fully saturated rings. The first-order valence-corrected chi connectivity index (χ1v) is 8.80. The van der Waals surface area contributed by atoms with E-state index in [1.54, 1.807) is 11.8 Å². The Morgan fingerprint density at radius 3 is 2.95 bits per heavy atom. The van der Waals surface area contributed by atoms with Gasteiger partial charge < -0.3 is 0 Å². The van der Waals surface area contributed by atoms with E-state index in [1.165, 1.54) is 0 Å². The van der Waals surface area contributed by atoms with Crippen LogP contribution in [0.4, 0.5) is 0 Å². The summed E-state index contributed by atoms with van der Waals surface area (Å²) in [6.07, 6.45) is 3.40. The van der Waals surface area contributed by atoms with Crippen LogP contribution in [0.2, 0.25) is 0 Å². The number of hydrogen-bond acceptors (Lipinski definition) is 3. The molecule has 1 heterocycles. The predicted octanol–water partition coefficient (Wildman–Crippen LogP) is 4.52. The highest BCUT2D eigenvalue weighted by molar-refractivity contribution is 9.10. The molecule has 21 heavy (non-hydrogen) atoms. The molecular weight excluding hydrogens is 348 g/mol.